The van der Waals surface area contributed by atoms with Gasteiger partial charge in [0.2, 0.25) is 17.8 Å². The molecule has 1 aliphatic rings. The zero-order chi connectivity index (χ0) is 13.2. The fourth-order valence-electron chi connectivity index (χ4n) is 1.90. The van der Waals surface area contributed by atoms with Crippen LogP contribution in [0.25, 0.3) is 5.95 Å². The highest BCUT2D eigenvalue weighted by atomic mass is 15.3. The lowest BCUT2D eigenvalue weighted by Gasteiger charge is -2.17. The topological polar surface area (TPSA) is 71.8 Å². The Morgan fingerprint density at radius 3 is 2.84 bits per heavy atom. The van der Waals surface area contributed by atoms with Crippen molar-refractivity contribution < 1.29 is 0 Å². The van der Waals surface area contributed by atoms with Gasteiger partial charge in [-0.3, -0.25) is 4.57 Å². The molecule has 0 radical (unpaired) electrons. The molecule has 1 N–H and O–H groups in total. The van der Waals surface area contributed by atoms with Crippen LogP contribution in [-0.2, 0) is 0 Å². The number of nitrogens with one attached hydrogen (secondary N) is 1. The molecule has 1 aliphatic carbocycles. The summed E-state index contributed by atoms with van der Waals surface area (Å²) in [5.74, 6) is 2.62. The maximum absolute atomic E-state index is 4.49. The van der Waals surface area contributed by atoms with Crippen LogP contribution < -0.4 is 10.2 Å². The average Bonchev–Trinajstić information content (AvgIpc) is 3.08. The summed E-state index contributed by atoms with van der Waals surface area (Å²) >= 11 is 0. The first-order chi connectivity index (χ1) is 9.26. The van der Waals surface area contributed by atoms with Crippen LogP contribution in [0.2, 0.25) is 0 Å². The first-order valence-electron chi connectivity index (χ1n) is 6.39. The SMILES string of the molecule is CNc1nc(N(C)CC2CC2)nc(-n2ccnc2)n1. The molecule has 100 valence electrons. The van der Waals surface area contributed by atoms with Crippen molar-refractivity contribution >= 4 is 11.9 Å². The third kappa shape index (κ3) is 2.64. The molecule has 0 amide bonds. The summed E-state index contributed by atoms with van der Waals surface area (Å²) in [6.07, 6.45) is 7.82. The van der Waals surface area contributed by atoms with Crippen molar-refractivity contribution in [3.05, 3.63) is 18.7 Å². The van der Waals surface area contributed by atoms with Gasteiger partial charge in [0.1, 0.15) is 6.33 Å². The van der Waals surface area contributed by atoms with Crippen LogP contribution in [0.15, 0.2) is 18.7 Å². The lowest BCUT2D eigenvalue weighted by molar-refractivity contribution is 0.754. The summed E-state index contributed by atoms with van der Waals surface area (Å²) in [5.41, 5.74) is 0. The van der Waals surface area contributed by atoms with Crippen LogP contribution in [0.3, 0.4) is 0 Å². The molecule has 7 heteroatoms. The Kier molecular flexibility index (Phi) is 3.02. The number of rotatable bonds is 5. The van der Waals surface area contributed by atoms with E-state index in [-0.39, 0.29) is 0 Å². The lowest BCUT2D eigenvalue weighted by Crippen LogP contribution is -2.23. The number of hydrogen-bond donors (Lipinski definition) is 1. The van der Waals surface area contributed by atoms with Crippen LogP contribution in [0.4, 0.5) is 11.9 Å². The Morgan fingerprint density at radius 1 is 1.37 bits per heavy atom. The summed E-state index contributed by atoms with van der Waals surface area (Å²) in [6, 6.07) is 0. The van der Waals surface area contributed by atoms with Crippen molar-refractivity contribution in [2.24, 2.45) is 5.92 Å². The van der Waals surface area contributed by atoms with Crippen LogP contribution >= 0.6 is 0 Å². The van der Waals surface area contributed by atoms with Gasteiger partial charge < -0.3 is 10.2 Å². The van der Waals surface area contributed by atoms with Crippen LogP contribution in [-0.4, -0.2) is 45.1 Å². The molecular weight excluding hydrogens is 242 g/mol. The standard InChI is InChI=1S/C12H17N7/c1-13-10-15-11(18(2)7-9-3-4-9)17-12(16-10)19-6-5-14-8-19/h5-6,8-9H,3-4,7H2,1-2H3,(H,13,15,16,17). The minimum absolute atomic E-state index is 0.566. The van der Waals surface area contributed by atoms with E-state index in [9.17, 15) is 0 Å². The van der Waals surface area contributed by atoms with E-state index in [4.69, 9.17) is 0 Å². The monoisotopic (exact) mass is 259 g/mol. The summed E-state index contributed by atoms with van der Waals surface area (Å²) in [6.45, 7) is 0.997. The highest BCUT2D eigenvalue weighted by Gasteiger charge is 2.24. The van der Waals surface area contributed by atoms with Gasteiger partial charge in [-0.2, -0.15) is 15.0 Å². The quantitative estimate of drug-likeness (QED) is 0.861. The molecule has 0 bridgehead atoms. The first-order valence-corrected chi connectivity index (χ1v) is 6.39. The molecule has 2 heterocycles. The van der Waals surface area contributed by atoms with E-state index >= 15 is 0 Å². The second-order valence-corrected chi connectivity index (χ2v) is 4.80. The number of anilines is 2. The van der Waals surface area contributed by atoms with Crippen LogP contribution in [0, 0.1) is 5.92 Å². The first kappa shape index (κ1) is 11.9. The predicted octanol–water partition coefficient (Wildman–Crippen LogP) is 0.945. The maximum Gasteiger partial charge on any atom is 0.241 e. The van der Waals surface area contributed by atoms with E-state index in [0.717, 1.165) is 12.5 Å². The molecule has 0 spiro atoms. The van der Waals surface area contributed by atoms with Gasteiger partial charge >= 0.3 is 0 Å². The van der Waals surface area contributed by atoms with Crippen molar-refractivity contribution in [3.63, 3.8) is 0 Å². The summed E-state index contributed by atoms with van der Waals surface area (Å²) in [4.78, 5) is 19.3. The van der Waals surface area contributed by atoms with E-state index in [1.807, 2.05) is 13.2 Å². The van der Waals surface area contributed by atoms with Crippen LogP contribution in [0.1, 0.15) is 12.8 Å². The van der Waals surface area contributed by atoms with Crippen molar-refractivity contribution in [2.75, 3.05) is 30.9 Å². The van der Waals surface area contributed by atoms with Crippen molar-refractivity contribution in [3.8, 4) is 5.95 Å². The number of aromatic nitrogens is 5. The molecule has 0 unspecified atom stereocenters. The molecule has 2 aromatic rings. The molecule has 19 heavy (non-hydrogen) atoms. The largest absolute Gasteiger partial charge is 0.357 e. The third-order valence-electron chi connectivity index (χ3n) is 3.14. The molecule has 7 nitrogen and oxygen atoms in total. The summed E-state index contributed by atoms with van der Waals surface area (Å²) in [7, 11) is 3.82. The molecule has 3 rings (SSSR count). The smallest absolute Gasteiger partial charge is 0.241 e. The van der Waals surface area contributed by atoms with Gasteiger partial charge in [0, 0.05) is 33.0 Å². The van der Waals surface area contributed by atoms with E-state index in [1.165, 1.54) is 12.8 Å². The summed E-state index contributed by atoms with van der Waals surface area (Å²) in [5, 5.41) is 2.97. The van der Waals surface area contributed by atoms with Gasteiger partial charge in [0.15, 0.2) is 0 Å². The molecule has 1 fully saturated rings. The molecule has 0 aromatic carbocycles. The fourth-order valence-corrected chi connectivity index (χ4v) is 1.90. The number of imidazole rings is 1. The second kappa shape index (κ2) is 4.83. The number of hydrogen-bond acceptors (Lipinski definition) is 6. The van der Waals surface area contributed by atoms with Gasteiger partial charge in [0.05, 0.1) is 0 Å². The Bertz CT molecular complexity index is 547. The maximum atomic E-state index is 4.49. The Balaban J connectivity index is 1.92. The van der Waals surface area contributed by atoms with Gasteiger partial charge in [-0.1, -0.05) is 0 Å². The molecule has 2 aromatic heterocycles. The molecule has 1 saturated carbocycles. The minimum Gasteiger partial charge on any atom is -0.357 e. The number of nitrogens with zero attached hydrogens (tertiary/aromatic N) is 6. The van der Waals surface area contributed by atoms with Crippen molar-refractivity contribution in [1.29, 1.82) is 0 Å². The predicted molar refractivity (Wildman–Crippen MR) is 72.5 cm³/mol. The summed E-state index contributed by atoms with van der Waals surface area (Å²) < 4.78 is 1.77. The zero-order valence-electron chi connectivity index (χ0n) is 11.1. The van der Waals surface area contributed by atoms with E-state index in [2.05, 4.69) is 30.2 Å². The van der Waals surface area contributed by atoms with Gasteiger partial charge in [-0.25, -0.2) is 4.98 Å². The van der Waals surface area contributed by atoms with Crippen molar-refractivity contribution in [2.45, 2.75) is 12.8 Å². The molecule has 0 saturated heterocycles. The Labute approximate surface area is 111 Å². The van der Waals surface area contributed by atoms with Crippen molar-refractivity contribution in [1.82, 2.24) is 24.5 Å². The molecule has 0 aliphatic heterocycles. The molecular formula is C12H17N7. The normalized spacial score (nSPS) is 14.4. The van der Waals surface area contributed by atoms with Gasteiger partial charge in [-0.15, -0.1) is 0 Å². The van der Waals surface area contributed by atoms with Gasteiger partial charge in [-0.05, 0) is 18.8 Å². The lowest BCUT2D eigenvalue weighted by atomic mass is 10.4. The van der Waals surface area contributed by atoms with Gasteiger partial charge in [0.25, 0.3) is 0 Å². The Hall–Kier alpha value is -2.18. The fraction of sp³-hybridized carbons (Fsp3) is 0.500. The van der Waals surface area contributed by atoms with E-state index < -0.39 is 0 Å². The van der Waals surface area contributed by atoms with Crippen LogP contribution in [0.5, 0.6) is 0 Å². The van der Waals surface area contributed by atoms with E-state index in [0.29, 0.717) is 17.8 Å². The highest BCUT2D eigenvalue weighted by molar-refractivity contribution is 5.39. The highest BCUT2D eigenvalue weighted by Crippen LogP contribution is 2.30. The Morgan fingerprint density at radius 2 is 2.21 bits per heavy atom. The van der Waals surface area contributed by atoms with E-state index in [1.54, 1.807) is 24.1 Å². The zero-order valence-corrected chi connectivity index (χ0v) is 11.1. The molecule has 0 atom stereocenters. The third-order valence-corrected chi connectivity index (χ3v) is 3.14. The second-order valence-electron chi connectivity index (χ2n) is 4.80. The minimum atomic E-state index is 0.566. The average molecular weight is 259 g/mol.